The van der Waals surface area contributed by atoms with Gasteiger partial charge in [-0.25, -0.2) is 0 Å². The Morgan fingerprint density at radius 1 is 1.92 bits per heavy atom. The molecule has 0 aliphatic rings. The molecule has 1 aromatic rings. The average molecular weight is 196 g/mol. The molecule has 5 nitrogen and oxygen atoms in total. The summed E-state index contributed by atoms with van der Waals surface area (Å²) in [5.74, 6) is -0.466. The first-order valence-corrected chi connectivity index (χ1v) is 4.42. The number of carbonyl (C=O) groups excluding carboxylic acids is 1. The van der Waals surface area contributed by atoms with Gasteiger partial charge in [0.2, 0.25) is 0 Å². The van der Waals surface area contributed by atoms with E-state index in [2.05, 4.69) is 14.1 Å². The molecule has 68 valence electrons. The molecule has 0 aliphatic heterocycles. The number of nitrogens with zero attached hydrogens (tertiary/aromatic N) is 3. The molecular formula is C7H8N4OS. The van der Waals surface area contributed by atoms with Crippen LogP contribution in [0, 0.1) is 17.2 Å². The molecule has 0 saturated heterocycles. The van der Waals surface area contributed by atoms with Crippen LogP contribution in [-0.4, -0.2) is 21.2 Å². The number of nitriles is 1. The first kappa shape index (κ1) is 9.61. The Balaban J connectivity index is 2.40. The van der Waals surface area contributed by atoms with Crippen LogP contribution in [-0.2, 0) is 0 Å². The van der Waals surface area contributed by atoms with Crippen LogP contribution in [0.4, 0.5) is 0 Å². The molecule has 1 unspecified atom stereocenters. The topological polar surface area (TPSA) is 78.7 Å². The highest BCUT2D eigenvalue weighted by molar-refractivity contribution is 6.99. The standard InChI is InChI=1S/C7H8N4OS/c1-5(2-8)3-9-7(12)6-4-10-13-11-6/h4-5H,3H2,1H3,(H,9,12). The number of hydrogen-bond donors (Lipinski definition) is 1. The van der Waals surface area contributed by atoms with Crippen LogP contribution < -0.4 is 5.32 Å². The van der Waals surface area contributed by atoms with E-state index in [9.17, 15) is 4.79 Å². The van der Waals surface area contributed by atoms with Gasteiger partial charge in [0.05, 0.1) is 29.9 Å². The highest BCUT2D eigenvalue weighted by Crippen LogP contribution is 1.95. The Labute approximate surface area is 79.7 Å². The van der Waals surface area contributed by atoms with Crippen molar-refractivity contribution in [1.82, 2.24) is 14.1 Å². The van der Waals surface area contributed by atoms with Gasteiger partial charge in [-0.05, 0) is 6.92 Å². The molecule has 0 bridgehead atoms. The maximum atomic E-state index is 11.2. The summed E-state index contributed by atoms with van der Waals surface area (Å²) in [4.78, 5) is 11.2. The van der Waals surface area contributed by atoms with Crippen molar-refractivity contribution in [3.63, 3.8) is 0 Å². The lowest BCUT2D eigenvalue weighted by Gasteiger charge is -2.02. The van der Waals surface area contributed by atoms with Crippen molar-refractivity contribution in [2.45, 2.75) is 6.92 Å². The lowest BCUT2D eigenvalue weighted by molar-refractivity contribution is 0.0946. The number of amides is 1. The first-order chi connectivity index (χ1) is 6.24. The fourth-order valence-electron chi connectivity index (χ4n) is 0.647. The van der Waals surface area contributed by atoms with Crippen molar-refractivity contribution in [2.75, 3.05) is 6.54 Å². The van der Waals surface area contributed by atoms with E-state index in [4.69, 9.17) is 5.26 Å². The molecule has 1 rings (SSSR count). The van der Waals surface area contributed by atoms with E-state index in [1.54, 1.807) is 6.92 Å². The number of rotatable bonds is 3. The first-order valence-electron chi connectivity index (χ1n) is 3.69. The maximum absolute atomic E-state index is 11.2. The zero-order chi connectivity index (χ0) is 9.68. The van der Waals surface area contributed by atoms with Crippen molar-refractivity contribution in [3.8, 4) is 6.07 Å². The van der Waals surface area contributed by atoms with Crippen molar-refractivity contribution in [1.29, 1.82) is 5.26 Å². The molecule has 1 atom stereocenters. The Morgan fingerprint density at radius 2 is 2.69 bits per heavy atom. The van der Waals surface area contributed by atoms with E-state index in [1.807, 2.05) is 6.07 Å². The van der Waals surface area contributed by atoms with Gasteiger partial charge in [-0.3, -0.25) is 4.79 Å². The third-order valence-corrected chi connectivity index (χ3v) is 1.86. The monoisotopic (exact) mass is 196 g/mol. The van der Waals surface area contributed by atoms with E-state index in [0.717, 1.165) is 11.7 Å². The SMILES string of the molecule is CC(C#N)CNC(=O)c1cnsn1. The van der Waals surface area contributed by atoms with Crippen LogP contribution in [0.15, 0.2) is 6.20 Å². The number of carbonyl (C=O) groups is 1. The van der Waals surface area contributed by atoms with Gasteiger partial charge >= 0.3 is 0 Å². The van der Waals surface area contributed by atoms with Crippen LogP contribution in [0.3, 0.4) is 0 Å². The zero-order valence-electron chi connectivity index (χ0n) is 7.02. The molecule has 1 N–H and O–H groups in total. The quantitative estimate of drug-likeness (QED) is 0.760. The van der Waals surface area contributed by atoms with Gasteiger partial charge in [0.25, 0.3) is 5.91 Å². The largest absolute Gasteiger partial charge is 0.349 e. The molecule has 1 aromatic heterocycles. The van der Waals surface area contributed by atoms with Crippen LogP contribution in [0.2, 0.25) is 0 Å². The second-order valence-electron chi connectivity index (χ2n) is 2.53. The Morgan fingerprint density at radius 3 is 3.23 bits per heavy atom. The van der Waals surface area contributed by atoms with Crippen molar-refractivity contribution in [3.05, 3.63) is 11.9 Å². The highest BCUT2D eigenvalue weighted by Gasteiger charge is 2.09. The Kier molecular flexibility index (Phi) is 3.34. The van der Waals surface area contributed by atoms with Crippen molar-refractivity contribution < 1.29 is 4.79 Å². The van der Waals surface area contributed by atoms with Gasteiger partial charge in [-0.1, -0.05) is 0 Å². The number of aromatic nitrogens is 2. The number of hydrogen-bond acceptors (Lipinski definition) is 5. The predicted octanol–water partition coefficient (Wildman–Crippen LogP) is 0.428. The fourth-order valence-corrected chi connectivity index (χ4v) is 1.06. The molecular weight excluding hydrogens is 188 g/mol. The minimum atomic E-state index is -0.282. The molecule has 0 radical (unpaired) electrons. The molecule has 1 heterocycles. The van der Waals surface area contributed by atoms with Gasteiger partial charge < -0.3 is 5.32 Å². The summed E-state index contributed by atoms with van der Waals surface area (Å²) in [6.07, 6.45) is 1.40. The highest BCUT2D eigenvalue weighted by atomic mass is 32.1. The fraction of sp³-hybridized carbons (Fsp3) is 0.429. The summed E-state index contributed by atoms with van der Waals surface area (Å²) in [6, 6.07) is 2.02. The number of nitrogens with one attached hydrogen (secondary N) is 1. The van der Waals surface area contributed by atoms with E-state index in [0.29, 0.717) is 12.2 Å². The van der Waals surface area contributed by atoms with E-state index < -0.39 is 0 Å². The molecule has 6 heteroatoms. The van der Waals surface area contributed by atoms with Gasteiger partial charge in [0, 0.05) is 6.54 Å². The van der Waals surface area contributed by atoms with Crippen LogP contribution in [0.1, 0.15) is 17.4 Å². The molecule has 0 aromatic carbocycles. The van der Waals surface area contributed by atoms with Crippen molar-refractivity contribution in [2.24, 2.45) is 5.92 Å². The lowest BCUT2D eigenvalue weighted by Crippen LogP contribution is -2.27. The third kappa shape index (κ3) is 2.80. The average Bonchev–Trinajstić information content (AvgIpc) is 2.66. The molecule has 0 spiro atoms. The summed E-state index contributed by atoms with van der Waals surface area (Å²) >= 11 is 0.982. The van der Waals surface area contributed by atoms with Gasteiger partial charge in [0.1, 0.15) is 0 Å². The zero-order valence-corrected chi connectivity index (χ0v) is 7.84. The third-order valence-electron chi connectivity index (χ3n) is 1.38. The Hall–Kier alpha value is -1.48. The summed E-state index contributed by atoms with van der Waals surface area (Å²) in [7, 11) is 0. The molecule has 0 fully saturated rings. The molecule has 1 amide bonds. The predicted molar refractivity (Wildman–Crippen MR) is 47.0 cm³/mol. The maximum Gasteiger partial charge on any atom is 0.272 e. The van der Waals surface area contributed by atoms with Gasteiger partial charge in [-0.2, -0.15) is 14.0 Å². The smallest absolute Gasteiger partial charge is 0.272 e. The summed E-state index contributed by atoms with van der Waals surface area (Å²) in [6.45, 7) is 2.08. The second kappa shape index (κ2) is 4.52. The lowest BCUT2D eigenvalue weighted by atomic mass is 10.2. The van der Waals surface area contributed by atoms with Gasteiger partial charge in [-0.15, -0.1) is 0 Å². The van der Waals surface area contributed by atoms with Crippen LogP contribution in [0.5, 0.6) is 0 Å². The minimum Gasteiger partial charge on any atom is -0.349 e. The van der Waals surface area contributed by atoms with Crippen LogP contribution in [0.25, 0.3) is 0 Å². The molecule has 13 heavy (non-hydrogen) atoms. The Bertz CT molecular complexity index is 316. The summed E-state index contributed by atoms with van der Waals surface area (Å²) < 4.78 is 7.45. The van der Waals surface area contributed by atoms with Gasteiger partial charge in [0.15, 0.2) is 5.69 Å². The van der Waals surface area contributed by atoms with Crippen LogP contribution >= 0.6 is 11.7 Å². The summed E-state index contributed by atoms with van der Waals surface area (Å²) in [5, 5.41) is 11.0. The van der Waals surface area contributed by atoms with Crippen molar-refractivity contribution >= 4 is 17.6 Å². The van der Waals surface area contributed by atoms with E-state index >= 15 is 0 Å². The minimum absolute atomic E-state index is 0.185. The molecule has 0 aliphatic carbocycles. The van der Waals surface area contributed by atoms with E-state index in [1.165, 1.54) is 6.20 Å². The molecule has 0 saturated carbocycles. The summed E-state index contributed by atoms with van der Waals surface area (Å²) in [5.41, 5.74) is 0.301. The normalized spacial score (nSPS) is 11.7. The van der Waals surface area contributed by atoms with E-state index in [-0.39, 0.29) is 11.8 Å². The second-order valence-corrected chi connectivity index (χ2v) is 3.09.